The Morgan fingerprint density at radius 1 is 1.08 bits per heavy atom. The maximum atomic E-state index is 12.2. The first-order valence-electron chi connectivity index (χ1n) is 7.10. The summed E-state index contributed by atoms with van der Waals surface area (Å²) in [6.45, 7) is -0.205. The van der Waals surface area contributed by atoms with Crippen molar-refractivity contribution in [2.24, 2.45) is 0 Å². The van der Waals surface area contributed by atoms with Gasteiger partial charge in [-0.2, -0.15) is 0 Å². The summed E-state index contributed by atoms with van der Waals surface area (Å²) < 4.78 is 5.67. The summed E-state index contributed by atoms with van der Waals surface area (Å²) in [6.07, 6.45) is 0. The maximum absolute atomic E-state index is 12.2. The fraction of sp³-hybridized carbons (Fsp3) is 0.118. The highest BCUT2D eigenvalue weighted by molar-refractivity contribution is 9.10. The van der Waals surface area contributed by atoms with Crippen LogP contribution in [0.1, 0.15) is 31.1 Å². The summed E-state index contributed by atoms with van der Waals surface area (Å²) in [7, 11) is 0. The van der Waals surface area contributed by atoms with Crippen molar-refractivity contribution in [2.75, 3.05) is 13.2 Å². The number of esters is 1. The maximum Gasteiger partial charge on any atom is 0.342 e. The van der Waals surface area contributed by atoms with E-state index < -0.39 is 17.8 Å². The van der Waals surface area contributed by atoms with Crippen molar-refractivity contribution >= 4 is 33.7 Å². The molecule has 1 aliphatic heterocycles. The van der Waals surface area contributed by atoms with Gasteiger partial charge in [-0.05, 0) is 30.3 Å². The minimum atomic E-state index is -0.731. The molecule has 24 heavy (non-hydrogen) atoms. The monoisotopic (exact) mass is 389 g/mol. The first-order chi connectivity index (χ1) is 11.5. The highest BCUT2D eigenvalue weighted by atomic mass is 79.9. The average molecular weight is 390 g/mol. The average Bonchev–Trinajstić information content (AvgIpc) is 2.82. The summed E-state index contributed by atoms with van der Waals surface area (Å²) in [5, 5.41) is 9.68. The molecule has 0 saturated heterocycles. The fourth-order valence-electron chi connectivity index (χ4n) is 2.42. The number of imide groups is 1. The Morgan fingerprint density at radius 3 is 2.33 bits per heavy atom. The van der Waals surface area contributed by atoms with Gasteiger partial charge in [-0.15, -0.1) is 0 Å². The Kier molecular flexibility index (Phi) is 4.35. The first kappa shape index (κ1) is 16.2. The number of nitrogens with zero attached hydrogens (tertiary/aromatic N) is 1. The predicted molar refractivity (Wildman–Crippen MR) is 87.9 cm³/mol. The van der Waals surface area contributed by atoms with E-state index in [0.717, 1.165) is 4.90 Å². The van der Waals surface area contributed by atoms with Gasteiger partial charge in [-0.3, -0.25) is 14.5 Å². The van der Waals surface area contributed by atoms with Crippen LogP contribution in [0.5, 0.6) is 5.75 Å². The zero-order valence-electron chi connectivity index (χ0n) is 12.4. The lowest BCUT2D eigenvalue weighted by Gasteiger charge is -2.14. The van der Waals surface area contributed by atoms with E-state index in [-0.39, 0.29) is 24.5 Å². The number of benzene rings is 2. The number of rotatable bonds is 4. The van der Waals surface area contributed by atoms with Crippen molar-refractivity contribution in [3.63, 3.8) is 0 Å². The highest BCUT2D eigenvalue weighted by Gasteiger charge is 2.34. The Morgan fingerprint density at radius 2 is 1.71 bits per heavy atom. The molecule has 0 spiro atoms. The summed E-state index contributed by atoms with van der Waals surface area (Å²) in [4.78, 5) is 37.4. The van der Waals surface area contributed by atoms with E-state index in [1.165, 1.54) is 12.1 Å². The molecule has 0 radical (unpaired) electrons. The lowest BCUT2D eigenvalue weighted by Crippen LogP contribution is -2.33. The molecule has 7 heteroatoms. The van der Waals surface area contributed by atoms with Crippen LogP contribution < -0.4 is 0 Å². The quantitative estimate of drug-likeness (QED) is 0.641. The first-order valence-corrected chi connectivity index (χ1v) is 7.89. The molecule has 0 saturated carbocycles. The molecule has 0 unspecified atom stereocenters. The van der Waals surface area contributed by atoms with Crippen molar-refractivity contribution in [3.8, 4) is 5.75 Å². The van der Waals surface area contributed by atoms with Gasteiger partial charge in [-0.1, -0.05) is 28.1 Å². The van der Waals surface area contributed by atoms with E-state index in [1.807, 2.05) is 0 Å². The smallest absolute Gasteiger partial charge is 0.342 e. The third-order valence-corrected chi connectivity index (χ3v) is 4.10. The number of carbonyl (C=O) groups excluding carboxylic acids is 3. The van der Waals surface area contributed by atoms with Crippen LogP contribution in [-0.4, -0.2) is 40.9 Å². The molecule has 0 bridgehead atoms. The standard InChI is InChI=1S/C17H12BrNO5/c18-10-5-6-14(20)13(9-10)17(23)24-8-7-19-15(21)11-3-1-2-4-12(11)16(19)22/h1-6,9,20H,7-8H2. The van der Waals surface area contributed by atoms with Crippen LogP contribution in [0.4, 0.5) is 0 Å². The zero-order chi connectivity index (χ0) is 17.3. The van der Waals surface area contributed by atoms with Crippen LogP contribution in [0.15, 0.2) is 46.9 Å². The number of carbonyl (C=O) groups is 3. The van der Waals surface area contributed by atoms with Gasteiger partial charge in [0, 0.05) is 4.47 Å². The van der Waals surface area contributed by atoms with E-state index in [4.69, 9.17) is 4.74 Å². The van der Waals surface area contributed by atoms with Crippen molar-refractivity contribution in [3.05, 3.63) is 63.6 Å². The predicted octanol–water partition coefficient (Wildman–Crippen LogP) is 2.61. The van der Waals surface area contributed by atoms with Gasteiger partial charge < -0.3 is 9.84 Å². The Labute approximate surface area is 145 Å². The second-order valence-corrected chi connectivity index (χ2v) is 6.02. The Bertz CT molecular complexity index is 814. The van der Waals surface area contributed by atoms with E-state index in [1.54, 1.807) is 30.3 Å². The molecule has 2 aromatic carbocycles. The molecule has 2 amide bonds. The summed E-state index contributed by atoms with van der Waals surface area (Å²) >= 11 is 3.20. The molecule has 0 aliphatic carbocycles. The van der Waals surface area contributed by atoms with Crippen molar-refractivity contribution in [2.45, 2.75) is 0 Å². The van der Waals surface area contributed by atoms with Crippen LogP contribution in [-0.2, 0) is 4.74 Å². The van der Waals surface area contributed by atoms with E-state index >= 15 is 0 Å². The molecule has 0 fully saturated rings. The molecule has 1 aliphatic rings. The molecule has 3 rings (SSSR count). The van der Waals surface area contributed by atoms with Crippen LogP contribution >= 0.6 is 15.9 Å². The minimum absolute atomic E-state index is 0.00624. The topological polar surface area (TPSA) is 83.9 Å². The second-order valence-electron chi connectivity index (χ2n) is 5.10. The number of hydrogen-bond donors (Lipinski definition) is 1. The zero-order valence-corrected chi connectivity index (χ0v) is 13.9. The second kappa shape index (κ2) is 6.45. The van der Waals surface area contributed by atoms with Crippen molar-refractivity contribution < 1.29 is 24.2 Å². The van der Waals surface area contributed by atoms with Gasteiger partial charge in [0.15, 0.2) is 0 Å². The van der Waals surface area contributed by atoms with E-state index in [0.29, 0.717) is 15.6 Å². The Hall–Kier alpha value is -2.67. The SMILES string of the molecule is O=C(OCCN1C(=O)c2ccccc2C1=O)c1cc(Br)ccc1O. The fourth-order valence-corrected chi connectivity index (χ4v) is 2.78. The lowest BCUT2D eigenvalue weighted by molar-refractivity contribution is 0.0417. The van der Waals surface area contributed by atoms with Crippen LogP contribution in [0, 0.1) is 0 Å². The molecule has 6 nitrogen and oxygen atoms in total. The molecule has 1 heterocycles. The minimum Gasteiger partial charge on any atom is -0.507 e. The highest BCUT2D eigenvalue weighted by Crippen LogP contribution is 2.24. The van der Waals surface area contributed by atoms with Gasteiger partial charge >= 0.3 is 5.97 Å². The molecular formula is C17H12BrNO5. The normalized spacial score (nSPS) is 13.1. The summed E-state index contributed by atoms with van der Waals surface area (Å²) in [6, 6.07) is 10.9. The van der Waals surface area contributed by atoms with E-state index in [9.17, 15) is 19.5 Å². The molecule has 122 valence electrons. The number of ether oxygens (including phenoxy) is 1. The van der Waals surface area contributed by atoms with Gasteiger partial charge in [0.25, 0.3) is 11.8 Å². The van der Waals surface area contributed by atoms with Gasteiger partial charge in [0.05, 0.1) is 17.7 Å². The number of amides is 2. The third-order valence-electron chi connectivity index (χ3n) is 3.60. The Balaban J connectivity index is 1.63. The number of hydrogen-bond acceptors (Lipinski definition) is 5. The summed E-state index contributed by atoms with van der Waals surface area (Å²) in [5.74, 6) is -1.75. The number of phenols is 1. The van der Waals surface area contributed by atoms with Crippen LogP contribution in [0.25, 0.3) is 0 Å². The van der Waals surface area contributed by atoms with E-state index in [2.05, 4.69) is 15.9 Å². The van der Waals surface area contributed by atoms with Gasteiger partial charge in [0.2, 0.25) is 0 Å². The molecule has 2 aromatic rings. The number of fused-ring (bicyclic) bond motifs is 1. The number of halogens is 1. The molecular weight excluding hydrogens is 378 g/mol. The molecule has 1 N–H and O–H groups in total. The number of aromatic hydroxyl groups is 1. The number of phenolic OH excluding ortho intramolecular Hbond substituents is 1. The molecule has 0 atom stereocenters. The van der Waals surface area contributed by atoms with Gasteiger partial charge in [0.1, 0.15) is 17.9 Å². The van der Waals surface area contributed by atoms with Gasteiger partial charge in [-0.25, -0.2) is 4.79 Å². The summed E-state index contributed by atoms with van der Waals surface area (Å²) in [5.41, 5.74) is 0.698. The largest absolute Gasteiger partial charge is 0.507 e. The lowest BCUT2D eigenvalue weighted by atomic mass is 10.1. The van der Waals surface area contributed by atoms with Crippen LogP contribution in [0.2, 0.25) is 0 Å². The van der Waals surface area contributed by atoms with Crippen LogP contribution in [0.3, 0.4) is 0 Å². The molecule has 0 aromatic heterocycles. The third kappa shape index (κ3) is 2.90. The van der Waals surface area contributed by atoms with Crippen molar-refractivity contribution in [1.29, 1.82) is 0 Å². The van der Waals surface area contributed by atoms with Crippen molar-refractivity contribution in [1.82, 2.24) is 4.90 Å².